The van der Waals surface area contributed by atoms with E-state index in [-0.39, 0.29) is 5.56 Å². The molecule has 0 saturated heterocycles. The van der Waals surface area contributed by atoms with E-state index in [9.17, 15) is 9.59 Å². The molecule has 1 aromatic carbocycles. The van der Waals surface area contributed by atoms with Crippen LogP contribution in [-0.4, -0.2) is 18.0 Å². The molecule has 1 N–H and O–H groups in total. The van der Waals surface area contributed by atoms with Crippen LogP contribution in [0.15, 0.2) is 57.9 Å². The number of benzene rings is 1. The number of ether oxygens (including phenoxy) is 1. The van der Waals surface area contributed by atoms with Gasteiger partial charge in [0.15, 0.2) is 0 Å². The minimum atomic E-state index is -0.683. The summed E-state index contributed by atoms with van der Waals surface area (Å²) in [5.74, 6) is -0.116. The van der Waals surface area contributed by atoms with Gasteiger partial charge < -0.3 is 14.5 Å². The Morgan fingerprint density at radius 1 is 1.23 bits per heavy atom. The van der Waals surface area contributed by atoms with Gasteiger partial charge in [-0.05, 0) is 18.2 Å². The summed E-state index contributed by atoms with van der Waals surface area (Å²) in [5, 5.41) is 3.28. The van der Waals surface area contributed by atoms with Crippen LogP contribution in [0.4, 0.5) is 5.69 Å². The topological polar surface area (TPSA) is 81.4 Å². The average molecular weight is 296 g/mol. The molecule has 0 spiro atoms. The molecule has 22 heavy (non-hydrogen) atoms. The Hall–Kier alpha value is -3.15. The molecular weight excluding hydrogens is 284 g/mol. The lowest BCUT2D eigenvalue weighted by Gasteiger charge is -2.05. The van der Waals surface area contributed by atoms with Crippen molar-refractivity contribution in [3.05, 3.63) is 64.6 Å². The summed E-state index contributed by atoms with van der Waals surface area (Å²) in [6.07, 6.45) is 1.44. The third-order valence-electron chi connectivity index (χ3n) is 3.09. The van der Waals surface area contributed by atoms with Crippen molar-refractivity contribution >= 4 is 22.6 Å². The van der Waals surface area contributed by atoms with Crippen LogP contribution < -0.4 is 15.7 Å². The van der Waals surface area contributed by atoms with Crippen molar-refractivity contribution in [2.45, 2.75) is 0 Å². The summed E-state index contributed by atoms with van der Waals surface area (Å²) in [6.45, 7) is 0. The van der Waals surface area contributed by atoms with E-state index in [1.807, 2.05) is 0 Å². The molecule has 0 aliphatic carbocycles. The molecule has 3 rings (SSSR count). The van der Waals surface area contributed by atoms with E-state index in [0.717, 1.165) is 0 Å². The van der Waals surface area contributed by atoms with Gasteiger partial charge in [0.25, 0.3) is 5.91 Å². The summed E-state index contributed by atoms with van der Waals surface area (Å²) in [7, 11) is 1.50. The maximum atomic E-state index is 12.2. The quantitative estimate of drug-likeness (QED) is 0.751. The van der Waals surface area contributed by atoms with Crippen LogP contribution in [-0.2, 0) is 0 Å². The number of para-hydroxylation sites is 1. The van der Waals surface area contributed by atoms with Crippen molar-refractivity contribution in [2.75, 3.05) is 12.4 Å². The van der Waals surface area contributed by atoms with Gasteiger partial charge in [-0.2, -0.15) is 0 Å². The highest BCUT2D eigenvalue weighted by Gasteiger charge is 2.14. The van der Waals surface area contributed by atoms with E-state index in [1.54, 1.807) is 36.4 Å². The second-order valence-electron chi connectivity index (χ2n) is 4.53. The lowest BCUT2D eigenvalue weighted by molar-refractivity contribution is 0.102. The Balaban J connectivity index is 1.91. The van der Waals surface area contributed by atoms with Gasteiger partial charge >= 0.3 is 5.63 Å². The van der Waals surface area contributed by atoms with Gasteiger partial charge in [0.05, 0.1) is 19.0 Å². The average Bonchev–Trinajstić information content (AvgIpc) is 2.54. The number of amides is 1. The van der Waals surface area contributed by atoms with Crippen molar-refractivity contribution in [3.8, 4) is 5.88 Å². The molecule has 0 unspecified atom stereocenters. The number of aromatic nitrogens is 1. The lowest BCUT2D eigenvalue weighted by Crippen LogP contribution is -2.20. The highest BCUT2D eigenvalue weighted by molar-refractivity contribution is 6.05. The van der Waals surface area contributed by atoms with Gasteiger partial charge in [0.2, 0.25) is 5.88 Å². The molecule has 0 aliphatic heterocycles. The monoisotopic (exact) mass is 296 g/mol. The van der Waals surface area contributed by atoms with E-state index in [0.29, 0.717) is 22.5 Å². The molecule has 1 amide bonds. The summed E-state index contributed by atoms with van der Waals surface area (Å²) < 4.78 is 10.1. The molecule has 3 aromatic rings. The normalized spacial score (nSPS) is 10.4. The van der Waals surface area contributed by atoms with Gasteiger partial charge in [-0.25, -0.2) is 9.78 Å². The van der Waals surface area contributed by atoms with Crippen LogP contribution >= 0.6 is 0 Å². The van der Waals surface area contributed by atoms with Crippen LogP contribution in [0.1, 0.15) is 10.4 Å². The first-order valence-electron chi connectivity index (χ1n) is 6.51. The summed E-state index contributed by atoms with van der Waals surface area (Å²) in [4.78, 5) is 28.1. The number of pyridine rings is 1. The predicted octanol–water partition coefficient (Wildman–Crippen LogP) is 2.45. The largest absolute Gasteiger partial charge is 0.481 e. The van der Waals surface area contributed by atoms with Gasteiger partial charge in [-0.15, -0.1) is 0 Å². The first-order valence-corrected chi connectivity index (χ1v) is 6.51. The van der Waals surface area contributed by atoms with Crippen LogP contribution in [0, 0.1) is 0 Å². The number of nitrogens with zero attached hydrogens (tertiary/aromatic N) is 1. The number of hydrogen-bond donors (Lipinski definition) is 1. The Kier molecular flexibility index (Phi) is 3.57. The van der Waals surface area contributed by atoms with Gasteiger partial charge in [0, 0.05) is 11.5 Å². The van der Waals surface area contributed by atoms with Crippen LogP contribution in [0.25, 0.3) is 11.0 Å². The predicted molar refractivity (Wildman–Crippen MR) is 81.2 cm³/mol. The number of methoxy groups -OCH3 is 1. The standard InChI is InChI=1S/C16H12N2O4/c1-21-14-7-6-11(9-17-14)18-15(19)12-8-10-4-2-3-5-13(10)22-16(12)20/h2-9H,1H3,(H,18,19). The molecule has 110 valence electrons. The highest BCUT2D eigenvalue weighted by Crippen LogP contribution is 2.15. The number of hydrogen-bond acceptors (Lipinski definition) is 5. The van der Waals surface area contributed by atoms with E-state index in [1.165, 1.54) is 19.4 Å². The SMILES string of the molecule is COc1ccc(NC(=O)c2cc3ccccc3oc2=O)cn1. The zero-order valence-electron chi connectivity index (χ0n) is 11.7. The van der Waals surface area contributed by atoms with Crippen molar-refractivity contribution in [3.63, 3.8) is 0 Å². The molecule has 0 atom stereocenters. The summed E-state index contributed by atoms with van der Waals surface area (Å²) in [6, 6.07) is 11.7. The second kappa shape index (κ2) is 5.69. The molecule has 0 radical (unpaired) electrons. The van der Waals surface area contributed by atoms with Crippen molar-refractivity contribution in [1.29, 1.82) is 0 Å². The maximum absolute atomic E-state index is 12.2. The maximum Gasteiger partial charge on any atom is 0.349 e. The molecule has 2 aromatic heterocycles. The van der Waals surface area contributed by atoms with Gasteiger partial charge in [0.1, 0.15) is 11.1 Å². The third-order valence-corrected chi connectivity index (χ3v) is 3.09. The van der Waals surface area contributed by atoms with Crippen molar-refractivity contribution in [1.82, 2.24) is 4.98 Å². The van der Waals surface area contributed by atoms with E-state index >= 15 is 0 Å². The van der Waals surface area contributed by atoms with Crippen LogP contribution in [0.3, 0.4) is 0 Å². The summed E-state index contributed by atoms with van der Waals surface area (Å²) in [5.41, 5.74) is 0.153. The minimum Gasteiger partial charge on any atom is -0.481 e. The number of carbonyl (C=O) groups is 1. The van der Waals surface area contributed by atoms with Gasteiger partial charge in [-0.3, -0.25) is 4.79 Å². The fourth-order valence-corrected chi connectivity index (χ4v) is 1.99. The molecule has 0 fully saturated rings. The number of rotatable bonds is 3. The number of fused-ring (bicyclic) bond motifs is 1. The molecule has 2 heterocycles. The van der Waals surface area contributed by atoms with E-state index < -0.39 is 11.5 Å². The molecule has 0 aliphatic rings. The number of carbonyl (C=O) groups excluding carboxylic acids is 1. The number of nitrogens with one attached hydrogen (secondary N) is 1. The minimum absolute atomic E-state index is 0.0606. The molecule has 0 bridgehead atoms. The van der Waals surface area contributed by atoms with Crippen LogP contribution in [0.2, 0.25) is 0 Å². The second-order valence-corrected chi connectivity index (χ2v) is 4.53. The first kappa shape index (κ1) is 13.8. The molecule has 6 nitrogen and oxygen atoms in total. The highest BCUT2D eigenvalue weighted by atomic mass is 16.5. The van der Waals surface area contributed by atoms with Crippen LogP contribution in [0.5, 0.6) is 5.88 Å². The Morgan fingerprint density at radius 3 is 2.77 bits per heavy atom. The molecule has 6 heteroatoms. The Labute approximate surface area is 125 Å². The zero-order valence-corrected chi connectivity index (χ0v) is 11.7. The smallest absolute Gasteiger partial charge is 0.349 e. The molecular formula is C16H12N2O4. The Bertz CT molecular complexity index is 885. The Morgan fingerprint density at radius 2 is 2.05 bits per heavy atom. The van der Waals surface area contributed by atoms with Crippen molar-refractivity contribution in [2.24, 2.45) is 0 Å². The summed E-state index contributed by atoms with van der Waals surface area (Å²) >= 11 is 0. The lowest BCUT2D eigenvalue weighted by atomic mass is 10.2. The van der Waals surface area contributed by atoms with Crippen molar-refractivity contribution < 1.29 is 13.9 Å². The van der Waals surface area contributed by atoms with Gasteiger partial charge in [-0.1, -0.05) is 18.2 Å². The fourth-order valence-electron chi connectivity index (χ4n) is 1.99. The zero-order chi connectivity index (χ0) is 15.5. The van der Waals surface area contributed by atoms with E-state index in [2.05, 4.69) is 10.3 Å². The number of anilines is 1. The van der Waals surface area contributed by atoms with E-state index in [4.69, 9.17) is 9.15 Å². The first-order chi connectivity index (χ1) is 10.7. The molecule has 0 saturated carbocycles. The fraction of sp³-hybridized carbons (Fsp3) is 0.0625. The third kappa shape index (κ3) is 2.67.